The van der Waals surface area contributed by atoms with E-state index in [1.165, 1.54) is 12.1 Å². The minimum absolute atomic E-state index is 0.0541. The molecule has 1 amide bonds. The Hall–Kier alpha value is -2.67. The molecule has 7 heteroatoms. The monoisotopic (exact) mass is 330 g/mol. The van der Waals surface area contributed by atoms with E-state index < -0.39 is 27.3 Å². The number of aromatic amines is 1. The normalized spacial score (nSPS) is 18.9. The Balaban J connectivity index is 1.92. The van der Waals surface area contributed by atoms with Gasteiger partial charge in [0, 0.05) is 10.9 Å². The van der Waals surface area contributed by atoms with Gasteiger partial charge in [-0.1, -0.05) is 24.8 Å². The number of fused-ring (bicyclic) bond motifs is 1. The number of hydrogen-bond acceptors (Lipinski definition) is 4. The quantitative estimate of drug-likeness (QED) is 0.884. The molecule has 0 saturated carbocycles. The zero-order chi connectivity index (χ0) is 16.6. The van der Waals surface area contributed by atoms with Gasteiger partial charge in [0.05, 0.1) is 11.8 Å². The topological polar surface area (TPSA) is 96.1 Å². The predicted molar refractivity (Wildman–Crippen MR) is 88.8 cm³/mol. The summed E-state index contributed by atoms with van der Waals surface area (Å²) in [7, 11) is -3.27. The molecule has 0 spiro atoms. The Morgan fingerprint density at radius 1 is 1.35 bits per heavy atom. The second kappa shape index (κ2) is 5.51. The van der Waals surface area contributed by atoms with Gasteiger partial charge in [0.1, 0.15) is 5.56 Å². The molecule has 0 unspecified atom stereocenters. The molecule has 1 aliphatic rings. The Kier molecular flexibility index (Phi) is 3.65. The first-order valence-corrected chi connectivity index (χ1v) is 8.61. The van der Waals surface area contributed by atoms with E-state index in [0.717, 1.165) is 11.0 Å². The van der Waals surface area contributed by atoms with Crippen molar-refractivity contribution in [2.75, 3.05) is 5.75 Å². The van der Waals surface area contributed by atoms with Crippen molar-refractivity contribution in [3.05, 3.63) is 63.8 Å². The second-order valence-corrected chi connectivity index (χ2v) is 7.23. The van der Waals surface area contributed by atoms with Gasteiger partial charge in [-0.15, -0.1) is 0 Å². The highest BCUT2D eigenvalue weighted by Crippen LogP contribution is 2.15. The first kappa shape index (κ1) is 15.2. The van der Waals surface area contributed by atoms with Crippen molar-refractivity contribution in [3.63, 3.8) is 0 Å². The number of pyridine rings is 1. The van der Waals surface area contributed by atoms with Gasteiger partial charge in [0.15, 0.2) is 9.84 Å². The van der Waals surface area contributed by atoms with Crippen LogP contribution in [0.2, 0.25) is 0 Å². The highest BCUT2D eigenvalue weighted by Gasteiger charge is 2.24. The van der Waals surface area contributed by atoms with Crippen molar-refractivity contribution in [1.82, 2.24) is 10.3 Å². The van der Waals surface area contributed by atoms with Gasteiger partial charge in [0.25, 0.3) is 11.5 Å². The summed E-state index contributed by atoms with van der Waals surface area (Å²) in [5.41, 5.74) is 0.876. The summed E-state index contributed by atoms with van der Waals surface area (Å²) in [6.07, 6.45) is 3.06. The highest BCUT2D eigenvalue weighted by atomic mass is 32.2. The molecule has 1 aromatic carbocycles. The molecule has 1 aliphatic heterocycles. The number of aromatic nitrogens is 1. The van der Waals surface area contributed by atoms with Gasteiger partial charge >= 0.3 is 0 Å². The fourth-order valence-corrected chi connectivity index (χ4v) is 3.66. The van der Waals surface area contributed by atoms with E-state index in [4.69, 9.17) is 0 Å². The van der Waals surface area contributed by atoms with Crippen LogP contribution in [-0.4, -0.2) is 31.1 Å². The number of carbonyl (C=O) groups excluding carboxylic acids is 1. The van der Waals surface area contributed by atoms with Crippen LogP contribution >= 0.6 is 0 Å². The number of amides is 1. The summed E-state index contributed by atoms with van der Waals surface area (Å²) in [4.78, 5) is 27.0. The van der Waals surface area contributed by atoms with Gasteiger partial charge in [-0.25, -0.2) is 8.42 Å². The summed E-state index contributed by atoms with van der Waals surface area (Å²) in [5, 5.41) is 4.31. The van der Waals surface area contributed by atoms with Crippen molar-refractivity contribution < 1.29 is 13.2 Å². The number of benzene rings is 1. The summed E-state index contributed by atoms with van der Waals surface area (Å²) >= 11 is 0. The highest BCUT2D eigenvalue weighted by molar-refractivity contribution is 7.94. The number of rotatable bonds is 3. The lowest BCUT2D eigenvalue weighted by molar-refractivity contribution is 0.0946. The van der Waals surface area contributed by atoms with E-state index >= 15 is 0 Å². The van der Waals surface area contributed by atoms with Crippen LogP contribution in [-0.2, 0) is 9.84 Å². The molecule has 2 aromatic rings. The lowest BCUT2D eigenvalue weighted by Gasteiger charge is -2.10. The third kappa shape index (κ3) is 3.09. The molecule has 0 radical (unpaired) electrons. The Labute approximate surface area is 132 Å². The summed E-state index contributed by atoms with van der Waals surface area (Å²) in [6.45, 7) is 3.66. The molecule has 6 nitrogen and oxygen atoms in total. The maximum Gasteiger partial charge on any atom is 0.261 e. The van der Waals surface area contributed by atoms with Gasteiger partial charge in [-0.2, -0.15) is 0 Å². The molecule has 1 atom stereocenters. The van der Waals surface area contributed by atoms with Crippen molar-refractivity contribution in [2.24, 2.45) is 0 Å². The first-order valence-electron chi connectivity index (χ1n) is 6.89. The standard InChI is InChI=1S/C16H14N2O4S/c1-2-10-3-4-11-8-13(16(20)18-14(11)7-10)15(19)17-12-5-6-23(21,22)9-12/h2-8,12H,1,9H2,(H,17,19)(H,18,20)/t12-/m1/s1. The zero-order valence-corrected chi connectivity index (χ0v) is 12.9. The van der Waals surface area contributed by atoms with E-state index in [-0.39, 0.29) is 11.3 Å². The maximum absolute atomic E-state index is 12.2. The van der Waals surface area contributed by atoms with Crippen LogP contribution in [0, 0.1) is 0 Å². The number of nitrogens with one attached hydrogen (secondary N) is 2. The molecular weight excluding hydrogens is 316 g/mol. The van der Waals surface area contributed by atoms with Crippen molar-refractivity contribution in [3.8, 4) is 0 Å². The van der Waals surface area contributed by atoms with Crippen LogP contribution in [0.25, 0.3) is 17.0 Å². The smallest absolute Gasteiger partial charge is 0.261 e. The van der Waals surface area contributed by atoms with E-state index in [1.54, 1.807) is 18.2 Å². The summed E-state index contributed by atoms with van der Waals surface area (Å²) in [6, 6.07) is 6.23. The van der Waals surface area contributed by atoms with Crippen LogP contribution in [0.3, 0.4) is 0 Å². The average Bonchev–Trinajstić information content (AvgIpc) is 2.84. The molecule has 118 valence electrons. The summed E-state index contributed by atoms with van der Waals surface area (Å²) < 4.78 is 22.7. The van der Waals surface area contributed by atoms with Crippen LogP contribution in [0.15, 0.2) is 47.1 Å². The molecular formula is C16H14N2O4S. The van der Waals surface area contributed by atoms with E-state index in [1.807, 2.05) is 6.07 Å². The minimum atomic E-state index is -3.27. The number of H-pyrrole nitrogens is 1. The molecule has 0 bridgehead atoms. The van der Waals surface area contributed by atoms with E-state index in [2.05, 4.69) is 16.9 Å². The van der Waals surface area contributed by atoms with Gasteiger partial charge in [-0.05, 0) is 29.2 Å². The van der Waals surface area contributed by atoms with Gasteiger partial charge < -0.3 is 10.3 Å². The zero-order valence-electron chi connectivity index (χ0n) is 12.1. The van der Waals surface area contributed by atoms with Crippen LogP contribution in [0.4, 0.5) is 0 Å². The molecule has 3 rings (SSSR count). The Bertz CT molecular complexity index is 1000. The van der Waals surface area contributed by atoms with Crippen LogP contribution < -0.4 is 10.9 Å². The van der Waals surface area contributed by atoms with Crippen molar-refractivity contribution >= 4 is 32.7 Å². The third-order valence-electron chi connectivity index (χ3n) is 3.60. The molecule has 1 aromatic heterocycles. The van der Waals surface area contributed by atoms with E-state index in [0.29, 0.717) is 10.9 Å². The van der Waals surface area contributed by atoms with Gasteiger partial charge in [-0.3, -0.25) is 9.59 Å². The fraction of sp³-hybridized carbons (Fsp3) is 0.125. The van der Waals surface area contributed by atoms with Crippen LogP contribution in [0.5, 0.6) is 0 Å². The average molecular weight is 330 g/mol. The lowest BCUT2D eigenvalue weighted by atomic mass is 10.1. The van der Waals surface area contributed by atoms with Gasteiger partial charge in [0.2, 0.25) is 0 Å². The first-order chi connectivity index (χ1) is 10.9. The molecule has 23 heavy (non-hydrogen) atoms. The maximum atomic E-state index is 12.2. The third-order valence-corrected chi connectivity index (χ3v) is 4.99. The fourth-order valence-electron chi connectivity index (χ4n) is 2.43. The predicted octanol–water partition coefficient (Wildman–Crippen LogP) is 1.21. The molecule has 0 fully saturated rings. The second-order valence-electron chi connectivity index (χ2n) is 5.30. The van der Waals surface area contributed by atoms with Crippen molar-refractivity contribution in [2.45, 2.75) is 6.04 Å². The van der Waals surface area contributed by atoms with Crippen LogP contribution in [0.1, 0.15) is 15.9 Å². The number of sulfone groups is 1. The molecule has 2 N–H and O–H groups in total. The molecule has 2 heterocycles. The largest absolute Gasteiger partial charge is 0.345 e. The molecule has 0 saturated heterocycles. The Morgan fingerprint density at radius 3 is 2.78 bits per heavy atom. The Morgan fingerprint density at radius 2 is 2.13 bits per heavy atom. The molecule has 0 aliphatic carbocycles. The SMILES string of the molecule is C=Cc1ccc2cc(C(=O)N[C@@H]3C=CS(=O)(=O)C3)c(=O)[nH]c2c1. The number of carbonyl (C=O) groups is 1. The lowest BCUT2D eigenvalue weighted by Crippen LogP contribution is -2.38. The summed E-state index contributed by atoms with van der Waals surface area (Å²) in [5.74, 6) is -0.792. The van der Waals surface area contributed by atoms with E-state index in [9.17, 15) is 18.0 Å². The minimum Gasteiger partial charge on any atom is -0.345 e. The van der Waals surface area contributed by atoms with Crippen molar-refractivity contribution in [1.29, 1.82) is 0 Å². The number of hydrogen-bond donors (Lipinski definition) is 2.